The van der Waals surface area contributed by atoms with E-state index in [4.69, 9.17) is 4.74 Å². The zero-order chi connectivity index (χ0) is 16.6. The van der Waals surface area contributed by atoms with Crippen molar-refractivity contribution in [3.63, 3.8) is 0 Å². The van der Waals surface area contributed by atoms with Gasteiger partial charge in [0.15, 0.2) is 11.6 Å². The number of pyridine rings is 1. The smallest absolute Gasteiger partial charge is 0.336 e. The second kappa shape index (κ2) is 5.64. The van der Waals surface area contributed by atoms with E-state index in [9.17, 15) is 18.7 Å². The van der Waals surface area contributed by atoms with E-state index in [1.165, 1.54) is 37.4 Å². The van der Waals surface area contributed by atoms with Gasteiger partial charge in [-0.15, -0.1) is 0 Å². The van der Waals surface area contributed by atoms with Crippen LogP contribution < -0.4 is 4.74 Å². The summed E-state index contributed by atoms with van der Waals surface area (Å²) < 4.78 is 32.0. The van der Waals surface area contributed by atoms with E-state index in [0.29, 0.717) is 11.1 Å². The van der Waals surface area contributed by atoms with Gasteiger partial charge in [-0.05, 0) is 42.5 Å². The topological polar surface area (TPSA) is 59.4 Å². The highest BCUT2D eigenvalue weighted by atomic mass is 19.1. The van der Waals surface area contributed by atoms with Crippen molar-refractivity contribution >= 4 is 16.9 Å². The number of ether oxygens (including phenoxy) is 1. The number of fused-ring (bicyclic) bond motifs is 1. The molecule has 0 saturated heterocycles. The maximum absolute atomic E-state index is 13.8. The summed E-state index contributed by atoms with van der Waals surface area (Å²) in [6.45, 7) is 0. The van der Waals surface area contributed by atoms with Crippen molar-refractivity contribution in [2.45, 2.75) is 0 Å². The van der Waals surface area contributed by atoms with E-state index >= 15 is 0 Å². The van der Waals surface area contributed by atoms with Gasteiger partial charge in [-0.3, -0.25) is 0 Å². The number of halogens is 2. The molecule has 0 atom stereocenters. The minimum Gasteiger partial charge on any atom is -0.494 e. The molecule has 2 aromatic carbocycles. The molecule has 3 aromatic rings. The second-order valence-electron chi connectivity index (χ2n) is 4.87. The Bertz CT molecular complexity index is 925. The first-order valence-electron chi connectivity index (χ1n) is 6.67. The Kier molecular flexibility index (Phi) is 3.65. The van der Waals surface area contributed by atoms with Gasteiger partial charge in [-0.25, -0.2) is 18.6 Å². The van der Waals surface area contributed by atoms with E-state index in [2.05, 4.69) is 4.98 Å². The highest BCUT2D eigenvalue weighted by molar-refractivity contribution is 6.03. The molecule has 0 fully saturated rings. The van der Waals surface area contributed by atoms with Gasteiger partial charge in [0.2, 0.25) is 0 Å². The number of benzene rings is 2. The van der Waals surface area contributed by atoms with Gasteiger partial charge in [-0.2, -0.15) is 0 Å². The molecule has 0 aliphatic carbocycles. The molecule has 0 aliphatic rings. The van der Waals surface area contributed by atoms with Crippen LogP contribution in [0.25, 0.3) is 22.2 Å². The predicted octanol–water partition coefficient (Wildman–Crippen LogP) is 3.89. The number of aromatic nitrogens is 1. The third kappa shape index (κ3) is 2.70. The van der Waals surface area contributed by atoms with Gasteiger partial charge < -0.3 is 9.84 Å². The van der Waals surface area contributed by atoms with Crippen molar-refractivity contribution in [3.8, 4) is 17.0 Å². The SMILES string of the molecule is COc1ccc(-c2cc(C(=O)O)c3cc(F)ccc3n2)cc1F. The summed E-state index contributed by atoms with van der Waals surface area (Å²) in [5.74, 6) is -2.26. The largest absolute Gasteiger partial charge is 0.494 e. The average molecular weight is 315 g/mol. The van der Waals surface area contributed by atoms with Gasteiger partial charge in [0, 0.05) is 10.9 Å². The molecule has 0 aliphatic heterocycles. The normalized spacial score (nSPS) is 10.7. The lowest BCUT2D eigenvalue weighted by molar-refractivity contribution is 0.0699. The molecule has 0 spiro atoms. The Morgan fingerprint density at radius 2 is 1.91 bits per heavy atom. The van der Waals surface area contributed by atoms with Crippen LogP contribution in [-0.2, 0) is 0 Å². The standard InChI is InChI=1S/C17H11F2NO3/c1-23-16-5-2-9(6-13(16)19)15-8-12(17(21)22)11-7-10(18)3-4-14(11)20-15/h2-8H,1H3,(H,21,22). The van der Waals surface area contributed by atoms with Crippen LogP contribution in [0.2, 0.25) is 0 Å². The zero-order valence-corrected chi connectivity index (χ0v) is 12.0. The van der Waals surface area contributed by atoms with Crippen LogP contribution in [0.1, 0.15) is 10.4 Å². The lowest BCUT2D eigenvalue weighted by atomic mass is 10.0. The molecule has 0 bridgehead atoms. The molecule has 3 rings (SSSR count). The monoisotopic (exact) mass is 315 g/mol. The Morgan fingerprint density at radius 3 is 2.57 bits per heavy atom. The van der Waals surface area contributed by atoms with E-state index in [0.717, 1.165) is 6.07 Å². The summed E-state index contributed by atoms with van der Waals surface area (Å²) in [5, 5.41) is 9.53. The quantitative estimate of drug-likeness (QED) is 0.796. The molecule has 0 saturated carbocycles. The third-order valence-corrected chi connectivity index (χ3v) is 3.45. The summed E-state index contributed by atoms with van der Waals surface area (Å²) in [4.78, 5) is 15.7. The average Bonchev–Trinajstić information content (AvgIpc) is 2.53. The van der Waals surface area contributed by atoms with E-state index < -0.39 is 17.6 Å². The minimum atomic E-state index is -1.21. The van der Waals surface area contributed by atoms with Crippen molar-refractivity contribution in [3.05, 3.63) is 59.7 Å². The van der Waals surface area contributed by atoms with Crippen molar-refractivity contribution in [1.29, 1.82) is 0 Å². The number of nitrogens with zero attached hydrogens (tertiary/aromatic N) is 1. The van der Waals surface area contributed by atoms with Crippen molar-refractivity contribution in [1.82, 2.24) is 4.98 Å². The number of methoxy groups -OCH3 is 1. The van der Waals surface area contributed by atoms with Gasteiger partial charge in [-0.1, -0.05) is 0 Å². The summed E-state index contributed by atoms with van der Waals surface area (Å²) in [5.41, 5.74) is 0.901. The number of carboxylic acids is 1. The fraction of sp³-hybridized carbons (Fsp3) is 0.0588. The molecular formula is C17H11F2NO3. The summed E-state index contributed by atoms with van der Waals surface area (Å²) >= 11 is 0. The molecular weight excluding hydrogens is 304 g/mol. The Labute approximate surface area is 130 Å². The first kappa shape index (κ1) is 14.9. The van der Waals surface area contributed by atoms with Crippen LogP contribution in [0, 0.1) is 11.6 Å². The van der Waals surface area contributed by atoms with E-state index in [1.54, 1.807) is 6.07 Å². The minimum absolute atomic E-state index is 0.0788. The van der Waals surface area contributed by atoms with Gasteiger partial charge in [0.25, 0.3) is 0 Å². The molecule has 6 heteroatoms. The molecule has 1 aromatic heterocycles. The predicted molar refractivity (Wildman–Crippen MR) is 80.6 cm³/mol. The van der Waals surface area contributed by atoms with Crippen molar-refractivity contribution in [2.24, 2.45) is 0 Å². The van der Waals surface area contributed by atoms with Crippen molar-refractivity contribution < 1.29 is 23.4 Å². The molecule has 1 heterocycles. The zero-order valence-electron chi connectivity index (χ0n) is 12.0. The van der Waals surface area contributed by atoms with Crippen LogP contribution in [0.15, 0.2) is 42.5 Å². The van der Waals surface area contributed by atoms with Crippen LogP contribution >= 0.6 is 0 Å². The van der Waals surface area contributed by atoms with Crippen LogP contribution in [0.4, 0.5) is 8.78 Å². The van der Waals surface area contributed by atoms with Gasteiger partial charge in [0.1, 0.15) is 5.82 Å². The molecule has 0 radical (unpaired) electrons. The molecule has 4 nitrogen and oxygen atoms in total. The highest BCUT2D eigenvalue weighted by Gasteiger charge is 2.15. The Hall–Kier alpha value is -3.02. The van der Waals surface area contributed by atoms with E-state index in [-0.39, 0.29) is 22.4 Å². The van der Waals surface area contributed by atoms with Crippen molar-refractivity contribution in [2.75, 3.05) is 7.11 Å². The van der Waals surface area contributed by atoms with Gasteiger partial charge in [0.05, 0.1) is 23.9 Å². The van der Waals surface area contributed by atoms with Gasteiger partial charge >= 0.3 is 5.97 Å². The maximum Gasteiger partial charge on any atom is 0.336 e. The Morgan fingerprint density at radius 1 is 1.13 bits per heavy atom. The number of carbonyl (C=O) groups is 1. The maximum atomic E-state index is 13.8. The molecule has 1 N–H and O–H groups in total. The Balaban J connectivity index is 2.24. The molecule has 0 unspecified atom stereocenters. The molecule has 116 valence electrons. The third-order valence-electron chi connectivity index (χ3n) is 3.45. The number of carboxylic acid groups (broad SMARTS) is 1. The highest BCUT2D eigenvalue weighted by Crippen LogP contribution is 2.28. The summed E-state index contributed by atoms with van der Waals surface area (Å²) in [6, 6.07) is 9.21. The summed E-state index contributed by atoms with van der Waals surface area (Å²) in [6.07, 6.45) is 0. The lowest BCUT2D eigenvalue weighted by Gasteiger charge is -2.08. The fourth-order valence-corrected chi connectivity index (χ4v) is 2.35. The van der Waals surface area contributed by atoms with E-state index in [1.807, 2.05) is 0 Å². The summed E-state index contributed by atoms with van der Waals surface area (Å²) in [7, 11) is 1.35. The number of rotatable bonds is 3. The number of hydrogen-bond donors (Lipinski definition) is 1. The second-order valence-corrected chi connectivity index (χ2v) is 4.87. The van der Waals surface area contributed by atoms with Crippen LogP contribution in [0.3, 0.4) is 0 Å². The number of aromatic carboxylic acids is 1. The number of hydrogen-bond acceptors (Lipinski definition) is 3. The fourth-order valence-electron chi connectivity index (χ4n) is 2.35. The first-order valence-corrected chi connectivity index (χ1v) is 6.67. The van der Waals surface area contributed by atoms with Crippen LogP contribution in [0.5, 0.6) is 5.75 Å². The first-order chi connectivity index (χ1) is 11.0. The van der Waals surface area contributed by atoms with Crippen LogP contribution in [-0.4, -0.2) is 23.2 Å². The lowest BCUT2D eigenvalue weighted by Crippen LogP contribution is -2.01. The molecule has 23 heavy (non-hydrogen) atoms. The molecule has 0 amide bonds.